The number of halogens is 1. The van der Waals surface area contributed by atoms with Crippen molar-refractivity contribution in [1.29, 1.82) is 0 Å². The number of unbranched alkanes of at least 4 members (excludes halogenated alkanes) is 2. The Balaban J connectivity index is 1.79. The van der Waals surface area contributed by atoms with Gasteiger partial charge in [-0.05, 0) is 40.4 Å². The van der Waals surface area contributed by atoms with Crippen LogP contribution in [0.2, 0.25) is 0 Å². The predicted molar refractivity (Wildman–Crippen MR) is 106 cm³/mol. The van der Waals surface area contributed by atoms with E-state index in [1.165, 1.54) is 0 Å². The molecule has 0 unspecified atom stereocenters. The number of rotatable bonds is 7. The topological polar surface area (TPSA) is 93.8 Å². The minimum Gasteiger partial charge on any atom is -0.327 e. The van der Waals surface area contributed by atoms with Crippen LogP contribution in [-0.2, 0) is 19.4 Å². The Labute approximate surface area is 163 Å². The zero-order valence-electron chi connectivity index (χ0n) is 15.0. The first kappa shape index (κ1) is 17.8. The first-order valence-corrected chi connectivity index (χ1v) is 9.89. The molecule has 9 heteroatoms. The molecule has 0 aliphatic heterocycles. The van der Waals surface area contributed by atoms with Crippen LogP contribution in [0.3, 0.4) is 0 Å². The summed E-state index contributed by atoms with van der Waals surface area (Å²) in [5.74, 6) is 1.19. The Morgan fingerprint density at radius 2 is 2.11 bits per heavy atom. The van der Waals surface area contributed by atoms with Crippen molar-refractivity contribution < 1.29 is 0 Å². The number of fused-ring (bicyclic) bond motifs is 2. The van der Waals surface area contributed by atoms with Gasteiger partial charge < -0.3 is 4.98 Å². The van der Waals surface area contributed by atoms with Crippen LogP contribution < -0.4 is 5.56 Å². The normalized spacial score (nSPS) is 11.6. The number of nitrogens with zero attached hydrogens (tertiary/aromatic N) is 6. The monoisotopic (exact) mass is 429 g/mol. The van der Waals surface area contributed by atoms with Gasteiger partial charge in [0.1, 0.15) is 5.82 Å². The fourth-order valence-corrected chi connectivity index (χ4v) is 3.63. The molecule has 1 N–H and O–H groups in total. The van der Waals surface area contributed by atoms with Gasteiger partial charge in [-0.15, -0.1) is 10.2 Å². The van der Waals surface area contributed by atoms with E-state index in [4.69, 9.17) is 0 Å². The lowest BCUT2D eigenvalue weighted by Gasteiger charge is -2.09. The second-order valence-electron chi connectivity index (χ2n) is 6.50. The Kier molecular flexibility index (Phi) is 5.02. The molecule has 8 nitrogen and oxygen atoms in total. The lowest BCUT2D eigenvalue weighted by atomic mass is 10.1. The van der Waals surface area contributed by atoms with Crippen molar-refractivity contribution in [2.75, 3.05) is 0 Å². The number of H-pyrrole nitrogens is 1. The first-order chi connectivity index (χ1) is 13.2. The molecule has 0 amide bonds. The van der Waals surface area contributed by atoms with Gasteiger partial charge in [0, 0.05) is 25.4 Å². The summed E-state index contributed by atoms with van der Waals surface area (Å²) in [6, 6.07) is 3.92. The van der Waals surface area contributed by atoms with Crippen LogP contribution in [0.25, 0.3) is 16.9 Å². The summed E-state index contributed by atoms with van der Waals surface area (Å²) in [5.41, 5.74) is 2.01. The molecule has 27 heavy (non-hydrogen) atoms. The van der Waals surface area contributed by atoms with Crippen LogP contribution in [0.5, 0.6) is 0 Å². The average molecular weight is 430 g/mol. The number of hydrogen-bond acceptors (Lipinski definition) is 5. The number of imidazole rings is 1. The molecule has 0 saturated carbocycles. The van der Waals surface area contributed by atoms with Crippen molar-refractivity contribution in [2.24, 2.45) is 0 Å². The molecule has 4 heterocycles. The van der Waals surface area contributed by atoms with Crippen LogP contribution in [0.4, 0.5) is 0 Å². The van der Waals surface area contributed by atoms with Gasteiger partial charge in [0.25, 0.3) is 5.56 Å². The highest BCUT2D eigenvalue weighted by Crippen LogP contribution is 2.17. The van der Waals surface area contributed by atoms with Crippen molar-refractivity contribution in [3.8, 4) is 0 Å². The second-order valence-corrected chi connectivity index (χ2v) is 7.25. The molecule has 0 saturated heterocycles. The van der Waals surface area contributed by atoms with E-state index in [1.54, 1.807) is 10.6 Å². The number of aromatic nitrogens is 7. The number of nitrogens with one attached hydrogen (secondary N) is 1. The van der Waals surface area contributed by atoms with Crippen LogP contribution in [0.15, 0.2) is 34.1 Å². The molecule has 0 aliphatic rings. The molecule has 0 fully saturated rings. The van der Waals surface area contributed by atoms with E-state index in [9.17, 15) is 4.79 Å². The minimum absolute atomic E-state index is 0.170. The van der Waals surface area contributed by atoms with E-state index in [1.807, 2.05) is 22.9 Å². The van der Waals surface area contributed by atoms with Gasteiger partial charge in [-0.25, -0.2) is 9.38 Å². The number of hydrogen-bond donors (Lipinski definition) is 1. The number of aromatic amines is 1. The maximum absolute atomic E-state index is 13.0. The van der Waals surface area contributed by atoms with Crippen molar-refractivity contribution in [1.82, 2.24) is 34.1 Å². The zero-order chi connectivity index (χ0) is 18.8. The zero-order valence-corrected chi connectivity index (χ0v) is 16.6. The molecule has 0 radical (unpaired) electrons. The van der Waals surface area contributed by atoms with E-state index >= 15 is 0 Å². The van der Waals surface area contributed by atoms with Crippen LogP contribution in [0, 0.1) is 0 Å². The van der Waals surface area contributed by atoms with Crippen LogP contribution in [-0.4, -0.2) is 34.1 Å². The quantitative estimate of drug-likeness (QED) is 0.360. The molecule has 0 spiro atoms. The van der Waals surface area contributed by atoms with E-state index < -0.39 is 0 Å². The Morgan fingerprint density at radius 3 is 2.89 bits per heavy atom. The SMILES string of the molecule is CCCCCn1c2nc(Br)[nH]c2c(=O)n2c(CCc3cccnc3)nnc12. The summed E-state index contributed by atoms with van der Waals surface area (Å²) in [5, 5.41) is 8.62. The summed E-state index contributed by atoms with van der Waals surface area (Å²) in [7, 11) is 0. The van der Waals surface area contributed by atoms with Crippen molar-refractivity contribution in [3.05, 3.63) is 51.0 Å². The standard InChI is InChI=1S/C18H20BrN7O/c1-2-3-4-10-25-15-14(21-17(19)22-15)16(27)26-13(23-24-18(25)26)8-7-12-6-5-9-20-11-12/h5-6,9,11H,2-4,7-8,10H2,1H3,(H,21,22). The fourth-order valence-electron chi connectivity index (χ4n) is 3.27. The molecule has 4 aromatic heterocycles. The molecular weight excluding hydrogens is 410 g/mol. The summed E-state index contributed by atoms with van der Waals surface area (Å²) < 4.78 is 4.13. The van der Waals surface area contributed by atoms with Crippen molar-refractivity contribution in [3.63, 3.8) is 0 Å². The third kappa shape index (κ3) is 3.39. The van der Waals surface area contributed by atoms with Crippen molar-refractivity contribution >= 4 is 32.9 Å². The second kappa shape index (κ2) is 7.59. The minimum atomic E-state index is -0.170. The Bertz CT molecular complexity index is 1130. The third-order valence-electron chi connectivity index (χ3n) is 4.63. The van der Waals surface area contributed by atoms with Gasteiger partial charge in [-0.1, -0.05) is 25.8 Å². The molecule has 4 rings (SSSR count). The largest absolute Gasteiger partial charge is 0.327 e. The van der Waals surface area contributed by atoms with Crippen molar-refractivity contribution in [2.45, 2.75) is 45.6 Å². The van der Waals surface area contributed by atoms with Gasteiger partial charge >= 0.3 is 0 Å². The van der Waals surface area contributed by atoms with Gasteiger partial charge in [0.15, 0.2) is 15.9 Å². The van der Waals surface area contributed by atoms with Gasteiger partial charge in [0.05, 0.1) is 0 Å². The van der Waals surface area contributed by atoms with Gasteiger partial charge in [-0.2, -0.15) is 0 Å². The van der Waals surface area contributed by atoms with Crippen LogP contribution >= 0.6 is 15.9 Å². The smallest absolute Gasteiger partial charge is 0.286 e. The Morgan fingerprint density at radius 1 is 1.22 bits per heavy atom. The lowest BCUT2D eigenvalue weighted by Crippen LogP contribution is -2.21. The van der Waals surface area contributed by atoms with E-state index in [0.717, 1.165) is 37.8 Å². The molecule has 0 aliphatic carbocycles. The van der Waals surface area contributed by atoms with E-state index in [0.29, 0.717) is 33.9 Å². The summed E-state index contributed by atoms with van der Waals surface area (Å²) >= 11 is 3.34. The Hall–Kier alpha value is -2.55. The summed E-state index contributed by atoms with van der Waals surface area (Å²) in [6.07, 6.45) is 8.15. The maximum Gasteiger partial charge on any atom is 0.286 e. The fraction of sp³-hybridized carbons (Fsp3) is 0.389. The molecule has 4 aromatic rings. The summed E-state index contributed by atoms with van der Waals surface area (Å²) in [4.78, 5) is 24.6. The highest BCUT2D eigenvalue weighted by molar-refractivity contribution is 9.10. The lowest BCUT2D eigenvalue weighted by molar-refractivity contribution is 0.612. The van der Waals surface area contributed by atoms with E-state index in [2.05, 4.69) is 48.0 Å². The molecular formula is C18H20BrN7O. The number of pyridine rings is 1. The third-order valence-corrected chi connectivity index (χ3v) is 5.00. The highest BCUT2D eigenvalue weighted by Gasteiger charge is 2.19. The predicted octanol–water partition coefficient (Wildman–Crippen LogP) is 2.90. The maximum atomic E-state index is 13.0. The molecule has 140 valence electrons. The number of aryl methyl sites for hydroxylation is 3. The average Bonchev–Trinajstić information content (AvgIpc) is 3.28. The summed E-state index contributed by atoms with van der Waals surface area (Å²) in [6.45, 7) is 2.90. The van der Waals surface area contributed by atoms with Crippen LogP contribution in [0.1, 0.15) is 37.6 Å². The molecule has 0 bridgehead atoms. The first-order valence-electron chi connectivity index (χ1n) is 9.10. The van der Waals surface area contributed by atoms with Gasteiger partial charge in [-0.3, -0.25) is 14.3 Å². The van der Waals surface area contributed by atoms with Gasteiger partial charge in [0.2, 0.25) is 5.78 Å². The molecule has 0 aromatic carbocycles. The molecule has 0 atom stereocenters. The van der Waals surface area contributed by atoms with E-state index in [-0.39, 0.29) is 5.56 Å². The highest BCUT2D eigenvalue weighted by atomic mass is 79.9.